The fourth-order valence-corrected chi connectivity index (χ4v) is 4.40. The fraction of sp³-hybridized carbons (Fsp3) is 1.00. The molecular weight excluding hydrogens is 266 g/mol. The number of hydrogen-bond acceptors (Lipinski definition) is 6. The van der Waals surface area contributed by atoms with E-state index in [1.165, 1.54) is 0 Å². The van der Waals surface area contributed by atoms with Crippen LogP contribution in [0.1, 0.15) is 12.8 Å². The van der Waals surface area contributed by atoms with Crippen LogP contribution < -0.4 is 5.32 Å². The number of aliphatic hydroxyl groups is 1. The van der Waals surface area contributed by atoms with Crippen molar-refractivity contribution in [3.8, 4) is 0 Å². The van der Waals surface area contributed by atoms with Crippen LogP contribution in [0, 0.1) is 0 Å². The smallest absolute Gasteiger partial charge is 0.153 e. The Hall–Kier alpha value is -0.180. The van der Waals surface area contributed by atoms with Crippen molar-refractivity contribution in [2.24, 2.45) is 0 Å². The molecule has 1 fully saturated rings. The lowest BCUT2D eigenvalue weighted by atomic mass is 10.4. The molecule has 0 aliphatic heterocycles. The Balaban J connectivity index is 2.31. The van der Waals surface area contributed by atoms with Gasteiger partial charge in [0.1, 0.15) is 9.84 Å². The highest BCUT2D eigenvalue weighted by molar-refractivity contribution is 7.94. The minimum Gasteiger partial charge on any atom is -0.391 e. The molecule has 6 nitrogen and oxygen atoms in total. The summed E-state index contributed by atoms with van der Waals surface area (Å²) < 4.78 is 44.7. The third kappa shape index (κ3) is 7.69. The van der Waals surface area contributed by atoms with Crippen molar-refractivity contribution in [1.82, 2.24) is 5.32 Å². The molecule has 0 bridgehead atoms. The number of hydrogen-bond donors (Lipinski definition) is 2. The molecule has 1 rings (SSSR count). The summed E-state index contributed by atoms with van der Waals surface area (Å²) in [7, 11) is -6.80. The Morgan fingerprint density at radius 2 is 1.82 bits per heavy atom. The lowest BCUT2D eigenvalue weighted by Gasteiger charge is -2.11. The molecule has 1 atom stereocenters. The van der Waals surface area contributed by atoms with Crippen LogP contribution in [0.25, 0.3) is 0 Å². The van der Waals surface area contributed by atoms with E-state index in [4.69, 9.17) is 0 Å². The first-order valence-corrected chi connectivity index (χ1v) is 9.36. The zero-order chi connectivity index (χ0) is 13.1. The lowest BCUT2D eigenvalue weighted by molar-refractivity contribution is 0.193. The molecule has 0 amide bonds. The van der Waals surface area contributed by atoms with Gasteiger partial charge >= 0.3 is 0 Å². The van der Waals surface area contributed by atoms with Gasteiger partial charge in [0.2, 0.25) is 0 Å². The van der Waals surface area contributed by atoms with E-state index in [-0.39, 0.29) is 12.3 Å². The van der Waals surface area contributed by atoms with Crippen molar-refractivity contribution >= 4 is 19.7 Å². The maximum absolute atomic E-state index is 11.5. The highest BCUT2D eigenvalue weighted by atomic mass is 32.2. The first-order chi connectivity index (χ1) is 7.68. The van der Waals surface area contributed by atoms with Gasteiger partial charge in [0, 0.05) is 18.8 Å². The van der Waals surface area contributed by atoms with Gasteiger partial charge in [0.25, 0.3) is 0 Å². The van der Waals surface area contributed by atoms with Crippen LogP contribution in [-0.4, -0.2) is 64.1 Å². The van der Waals surface area contributed by atoms with Crippen LogP contribution in [0.2, 0.25) is 0 Å². The van der Waals surface area contributed by atoms with Gasteiger partial charge in [-0.25, -0.2) is 16.8 Å². The van der Waals surface area contributed by atoms with E-state index in [9.17, 15) is 21.9 Å². The quantitative estimate of drug-likeness (QED) is 0.566. The predicted octanol–water partition coefficient (Wildman–Crippen LogP) is -1.44. The summed E-state index contributed by atoms with van der Waals surface area (Å²) in [4.78, 5) is 0. The average molecular weight is 285 g/mol. The lowest BCUT2D eigenvalue weighted by Crippen LogP contribution is -2.35. The molecule has 2 N–H and O–H groups in total. The van der Waals surface area contributed by atoms with Crippen molar-refractivity contribution in [3.05, 3.63) is 0 Å². The Bertz CT molecular complexity index is 438. The van der Waals surface area contributed by atoms with Gasteiger partial charge in [-0.3, -0.25) is 0 Å². The molecule has 0 spiro atoms. The molecule has 0 heterocycles. The second-order valence-electron chi connectivity index (χ2n) is 4.58. The van der Waals surface area contributed by atoms with Gasteiger partial charge in [-0.2, -0.15) is 0 Å². The first kappa shape index (κ1) is 14.9. The van der Waals surface area contributed by atoms with Crippen LogP contribution in [0.15, 0.2) is 0 Å². The molecule has 17 heavy (non-hydrogen) atoms. The number of rotatable bonds is 8. The second-order valence-corrected chi connectivity index (χ2v) is 9.07. The maximum Gasteiger partial charge on any atom is 0.153 e. The number of sulfone groups is 2. The van der Waals surface area contributed by atoms with Gasteiger partial charge in [0.05, 0.1) is 23.4 Å². The van der Waals surface area contributed by atoms with Crippen molar-refractivity contribution in [2.45, 2.75) is 25.0 Å². The average Bonchev–Trinajstić information content (AvgIpc) is 2.93. The summed E-state index contributed by atoms with van der Waals surface area (Å²) in [6, 6.07) is 0.406. The van der Waals surface area contributed by atoms with Crippen LogP contribution in [0.3, 0.4) is 0 Å². The summed E-state index contributed by atoms with van der Waals surface area (Å²) in [5.74, 6) is -1.20. The Labute approximate surface area is 102 Å². The summed E-state index contributed by atoms with van der Waals surface area (Å²) in [6.45, 7) is 0.239. The van der Waals surface area contributed by atoms with Gasteiger partial charge in [0.15, 0.2) is 9.84 Å². The van der Waals surface area contributed by atoms with Gasteiger partial charge in [-0.05, 0) is 12.8 Å². The third-order valence-corrected chi connectivity index (χ3v) is 5.35. The fourth-order valence-electron chi connectivity index (χ4n) is 1.30. The van der Waals surface area contributed by atoms with E-state index in [1.54, 1.807) is 0 Å². The number of nitrogens with one attached hydrogen (secondary N) is 1. The molecule has 0 aromatic carbocycles. The highest BCUT2D eigenvalue weighted by Gasteiger charge is 2.24. The van der Waals surface area contributed by atoms with E-state index in [1.807, 2.05) is 0 Å². The highest BCUT2D eigenvalue weighted by Crippen LogP contribution is 2.18. The minimum absolute atomic E-state index is 0.239. The topological polar surface area (TPSA) is 101 Å². The largest absolute Gasteiger partial charge is 0.391 e. The minimum atomic E-state index is -3.51. The molecule has 0 saturated heterocycles. The van der Waals surface area contributed by atoms with Crippen molar-refractivity contribution in [1.29, 1.82) is 0 Å². The zero-order valence-electron chi connectivity index (χ0n) is 9.79. The Morgan fingerprint density at radius 3 is 2.29 bits per heavy atom. The van der Waals surface area contributed by atoms with Gasteiger partial charge in [-0.15, -0.1) is 0 Å². The molecule has 1 aliphatic rings. The summed E-state index contributed by atoms with van der Waals surface area (Å²) in [6.07, 6.45) is 2.15. The van der Waals surface area contributed by atoms with Crippen molar-refractivity contribution in [2.75, 3.05) is 30.1 Å². The first-order valence-electron chi connectivity index (χ1n) is 5.47. The maximum atomic E-state index is 11.5. The standard InChI is InChI=1S/C9H19NO5S2/c1-16(12,13)4-5-17(14,15)7-9(11)6-10-8-2-3-8/h8-11H,2-7H2,1H3. The normalized spacial score (nSPS) is 19.2. The molecule has 102 valence electrons. The Kier molecular flexibility index (Phi) is 4.94. The van der Waals surface area contributed by atoms with E-state index in [0.717, 1.165) is 19.1 Å². The summed E-state index contributed by atoms with van der Waals surface area (Å²) >= 11 is 0. The van der Waals surface area contributed by atoms with Crippen molar-refractivity contribution < 1.29 is 21.9 Å². The molecule has 0 aromatic heterocycles. The van der Waals surface area contributed by atoms with E-state index >= 15 is 0 Å². The monoisotopic (exact) mass is 285 g/mol. The SMILES string of the molecule is CS(=O)(=O)CCS(=O)(=O)CC(O)CNC1CC1. The van der Waals surface area contributed by atoms with Gasteiger partial charge in [-0.1, -0.05) is 0 Å². The molecule has 0 aromatic rings. The van der Waals surface area contributed by atoms with E-state index < -0.39 is 37.3 Å². The molecule has 0 radical (unpaired) electrons. The van der Waals surface area contributed by atoms with Crippen LogP contribution in [-0.2, 0) is 19.7 Å². The zero-order valence-corrected chi connectivity index (χ0v) is 11.4. The molecule has 8 heteroatoms. The Morgan fingerprint density at radius 1 is 1.24 bits per heavy atom. The molecule has 1 unspecified atom stereocenters. The third-order valence-electron chi connectivity index (χ3n) is 2.43. The summed E-state index contributed by atoms with van der Waals surface area (Å²) in [5.41, 5.74) is 0. The molecular formula is C9H19NO5S2. The van der Waals surface area contributed by atoms with Gasteiger partial charge < -0.3 is 10.4 Å². The predicted molar refractivity (Wildman–Crippen MR) is 65.4 cm³/mol. The summed E-state index contributed by atoms with van der Waals surface area (Å²) in [5, 5.41) is 12.5. The van der Waals surface area contributed by atoms with Crippen LogP contribution in [0.5, 0.6) is 0 Å². The molecule has 1 saturated carbocycles. The van der Waals surface area contributed by atoms with Crippen molar-refractivity contribution in [3.63, 3.8) is 0 Å². The second kappa shape index (κ2) is 5.64. The van der Waals surface area contributed by atoms with Crippen LogP contribution in [0.4, 0.5) is 0 Å². The van der Waals surface area contributed by atoms with Crippen LogP contribution >= 0.6 is 0 Å². The van der Waals surface area contributed by atoms with E-state index in [0.29, 0.717) is 6.04 Å². The van der Waals surface area contributed by atoms with E-state index in [2.05, 4.69) is 5.32 Å². The number of aliphatic hydroxyl groups excluding tert-OH is 1. The molecule has 1 aliphatic carbocycles.